The fourth-order valence-electron chi connectivity index (χ4n) is 2.74. The molecule has 166 valence electrons. The van der Waals surface area contributed by atoms with Crippen LogP contribution in [0.15, 0.2) is 82.8 Å². The van der Waals surface area contributed by atoms with Crippen molar-refractivity contribution in [1.29, 1.82) is 0 Å². The van der Waals surface area contributed by atoms with E-state index < -0.39 is 22.5 Å². The van der Waals surface area contributed by atoms with Crippen molar-refractivity contribution in [2.45, 2.75) is 11.4 Å². The van der Waals surface area contributed by atoms with Crippen LogP contribution in [-0.2, 0) is 21.4 Å². The van der Waals surface area contributed by atoms with Gasteiger partial charge in [-0.3, -0.25) is 4.79 Å². The minimum atomic E-state index is -4.00. The number of hydrogen-bond donors (Lipinski definition) is 2. The lowest BCUT2D eigenvalue weighted by Gasteiger charge is -2.22. The summed E-state index contributed by atoms with van der Waals surface area (Å²) in [7, 11) is -4.00. The first-order chi connectivity index (χ1) is 15.3. The van der Waals surface area contributed by atoms with Crippen molar-refractivity contribution in [1.82, 2.24) is 9.73 Å². The number of nitrogens with zero attached hydrogens (tertiary/aromatic N) is 2. The molecule has 2 N–H and O–H groups in total. The van der Waals surface area contributed by atoms with Crippen LogP contribution in [0, 0.1) is 0 Å². The maximum Gasteiger partial charge on any atom is 0.255 e. The normalized spacial score (nSPS) is 11.7. The average Bonchev–Trinajstić information content (AvgIpc) is 2.77. The number of phenols is 1. The molecule has 0 spiro atoms. The number of benzene rings is 3. The van der Waals surface area contributed by atoms with Crippen LogP contribution in [-0.4, -0.2) is 36.5 Å². The van der Waals surface area contributed by atoms with E-state index in [1.165, 1.54) is 36.5 Å². The van der Waals surface area contributed by atoms with E-state index in [-0.39, 0.29) is 22.2 Å². The number of nitrogens with one attached hydrogen (secondary N) is 1. The standard InChI is InChI=1S/C22H19Cl2N3O4S/c23-18-9-8-17(21(24)12-18)14-27(32(30,31)20-4-2-1-3-5-20)15-22(29)26-25-13-16-6-10-19(28)11-7-16/h1-13,28H,14-15H2,(H,26,29)/b25-13-. The summed E-state index contributed by atoms with van der Waals surface area (Å²) in [6.45, 7) is -0.620. The van der Waals surface area contributed by atoms with Crippen LogP contribution in [0.1, 0.15) is 11.1 Å². The molecule has 10 heteroatoms. The van der Waals surface area contributed by atoms with E-state index in [4.69, 9.17) is 23.2 Å². The van der Waals surface area contributed by atoms with Crippen LogP contribution in [0.3, 0.4) is 0 Å². The molecule has 0 heterocycles. The molecule has 0 aromatic heterocycles. The third-order valence-corrected chi connectivity index (χ3v) is 6.75. The number of halogens is 2. The van der Waals surface area contributed by atoms with E-state index in [0.717, 1.165) is 4.31 Å². The van der Waals surface area contributed by atoms with Gasteiger partial charge in [0.05, 0.1) is 17.7 Å². The Bertz CT molecular complexity index is 1220. The summed E-state index contributed by atoms with van der Waals surface area (Å²) in [5, 5.41) is 13.8. The Morgan fingerprint density at radius 1 is 1.03 bits per heavy atom. The zero-order chi connectivity index (χ0) is 23.1. The number of aromatic hydroxyl groups is 1. The van der Waals surface area contributed by atoms with Gasteiger partial charge < -0.3 is 5.11 Å². The van der Waals surface area contributed by atoms with Crippen molar-refractivity contribution in [2.24, 2.45) is 5.10 Å². The molecule has 3 rings (SSSR count). The molecule has 0 radical (unpaired) electrons. The monoisotopic (exact) mass is 491 g/mol. The van der Waals surface area contributed by atoms with Crippen LogP contribution >= 0.6 is 23.2 Å². The van der Waals surface area contributed by atoms with Gasteiger partial charge in [0, 0.05) is 16.6 Å². The number of amides is 1. The highest BCUT2D eigenvalue weighted by Crippen LogP contribution is 2.25. The molecule has 32 heavy (non-hydrogen) atoms. The molecule has 0 fully saturated rings. The van der Waals surface area contributed by atoms with Gasteiger partial charge in [0.2, 0.25) is 10.0 Å². The minimum absolute atomic E-state index is 0.0467. The van der Waals surface area contributed by atoms with Gasteiger partial charge >= 0.3 is 0 Å². The number of phenolic OH excluding ortho intramolecular Hbond substituents is 1. The summed E-state index contributed by atoms with van der Waals surface area (Å²) >= 11 is 12.2. The molecule has 0 bridgehead atoms. The topological polar surface area (TPSA) is 99.1 Å². The van der Waals surface area contributed by atoms with Crippen LogP contribution in [0.2, 0.25) is 10.0 Å². The van der Waals surface area contributed by atoms with Crippen LogP contribution in [0.4, 0.5) is 0 Å². The fourth-order valence-corrected chi connectivity index (χ4v) is 4.61. The van der Waals surface area contributed by atoms with Crippen molar-refractivity contribution in [3.05, 3.63) is 94.0 Å². The molecule has 1 amide bonds. The van der Waals surface area contributed by atoms with Crippen LogP contribution in [0.5, 0.6) is 5.75 Å². The maximum absolute atomic E-state index is 13.2. The van der Waals surface area contributed by atoms with Gasteiger partial charge in [-0.1, -0.05) is 47.5 Å². The third kappa shape index (κ3) is 6.30. The lowest BCUT2D eigenvalue weighted by molar-refractivity contribution is -0.121. The van der Waals surface area contributed by atoms with Crippen molar-refractivity contribution in [3.63, 3.8) is 0 Å². The van der Waals surface area contributed by atoms with Gasteiger partial charge in [-0.05, 0) is 59.7 Å². The van der Waals surface area contributed by atoms with Crippen LogP contribution in [0.25, 0.3) is 0 Å². The van der Waals surface area contributed by atoms with Gasteiger partial charge in [-0.15, -0.1) is 0 Å². The van der Waals surface area contributed by atoms with Gasteiger partial charge in [0.1, 0.15) is 5.75 Å². The molecular weight excluding hydrogens is 473 g/mol. The third-order valence-electron chi connectivity index (χ3n) is 4.36. The minimum Gasteiger partial charge on any atom is -0.508 e. The zero-order valence-corrected chi connectivity index (χ0v) is 19.0. The first-order valence-corrected chi connectivity index (χ1v) is 11.6. The van der Waals surface area contributed by atoms with E-state index in [0.29, 0.717) is 16.1 Å². The summed E-state index contributed by atoms with van der Waals surface area (Å²) in [4.78, 5) is 12.5. The average molecular weight is 492 g/mol. The highest BCUT2D eigenvalue weighted by molar-refractivity contribution is 7.89. The van der Waals surface area contributed by atoms with Gasteiger partial charge in [0.25, 0.3) is 5.91 Å². The Balaban J connectivity index is 1.80. The highest BCUT2D eigenvalue weighted by atomic mass is 35.5. The van der Waals surface area contributed by atoms with E-state index in [1.54, 1.807) is 42.5 Å². The van der Waals surface area contributed by atoms with Gasteiger partial charge in [-0.2, -0.15) is 9.41 Å². The Kier molecular flexibility index (Phi) is 7.87. The van der Waals surface area contributed by atoms with Crippen molar-refractivity contribution in [3.8, 4) is 5.75 Å². The van der Waals surface area contributed by atoms with E-state index in [1.807, 2.05) is 0 Å². The van der Waals surface area contributed by atoms with Gasteiger partial charge in [-0.25, -0.2) is 13.8 Å². The van der Waals surface area contributed by atoms with Crippen molar-refractivity contribution in [2.75, 3.05) is 6.54 Å². The number of hydrazone groups is 1. The summed E-state index contributed by atoms with van der Waals surface area (Å²) in [5.74, 6) is -0.529. The largest absolute Gasteiger partial charge is 0.508 e. The van der Waals surface area contributed by atoms with Crippen molar-refractivity contribution >= 4 is 45.3 Å². The summed E-state index contributed by atoms with van der Waals surface area (Å²) in [6, 6.07) is 18.7. The summed E-state index contributed by atoms with van der Waals surface area (Å²) in [6.07, 6.45) is 1.38. The number of carbonyl (C=O) groups excluding carboxylic acids is 1. The fraction of sp³-hybridized carbons (Fsp3) is 0.0909. The van der Waals surface area contributed by atoms with Crippen LogP contribution < -0.4 is 5.43 Å². The molecule has 7 nitrogen and oxygen atoms in total. The van der Waals surface area contributed by atoms with Gasteiger partial charge in [0.15, 0.2) is 0 Å². The second-order valence-electron chi connectivity index (χ2n) is 6.71. The number of sulfonamides is 1. The SMILES string of the molecule is O=C(CN(Cc1ccc(Cl)cc1Cl)S(=O)(=O)c1ccccc1)N/N=C\c1ccc(O)cc1. The summed E-state index contributed by atoms with van der Waals surface area (Å²) < 4.78 is 27.4. The summed E-state index contributed by atoms with van der Waals surface area (Å²) in [5.41, 5.74) is 3.46. The Morgan fingerprint density at radius 3 is 2.38 bits per heavy atom. The van der Waals surface area contributed by atoms with E-state index in [2.05, 4.69) is 10.5 Å². The lowest BCUT2D eigenvalue weighted by atomic mass is 10.2. The Morgan fingerprint density at radius 2 is 1.72 bits per heavy atom. The molecule has 0 aliphatic rings. The quantitative estimate of drug-likeness (QED) is 0.366. The first-order valence-electron chi connectivity index (χ1n) is 9.36. The molecule has 0 atom stereocenters. The number of carbonyl (C=O) groups is 1. The molecule has 0 aliphatic carbocycles. The predicted molar refractivity (Wildman–Crippen MR) is 124 cm³/mol. The second-order valence-corrected chi connectivity index (χ2v) is 9.49. The lowest BCUT2D eigenvalue weighted by Crippen LogP contribution is -2.39. The van der Waals surface area contributed by atoms with Crippen molar-refractivity contribution < 1.29 is 18.3 Å². The second kappa shape index (κ2) is 10.6. The predicted octanol–water partition coefficient (Wildman–Crippen LogP) is 4.04. The zero-order valence-electron chi connectivity index (χ0n) is 16.7. The van der Waals surface area contributed by atoms with E-state index >= 15 is 0 Å². The van der Waals surface area contributed by atoms with E-state index in [9.17, 15) is 18.3 Å². The smallest absolute Gasteiger partial charge is 0.255 e. The maximum atomic E-state index is 13.2. The number of rotatable bonds is 8. The molecular formula is C22H19Cl2N3O4S. The Labute approximate surface area is 196 Å². The molecule has 3 aromatic rings. The first kappa shape index (κ1) is 23.7. The highest BCUT2D eigenvalue weighted by Gasteiger charge is 2.27. The molecule has 0 saturated carbocycles. The molecule has 0 aliphatic heterocycles. The molecule has 3 aromatic carbocycles. The molecule has 0 saturated heterocycles. The Hall–Kier alpha value is -2.91. The number of hydrogen-bond acceptors (Lipinski definition) is 5. The molecule has 0 unspecified atom stereocenters.